The van der Waals surface area contributed by atoms with Crippen molar-refractivity contribution in [3.63, 3.8) is 0 Å². The molecule has 3 heteroatoms. The quantitative estimate of drug-likeness (QED) is 0.762. The van der Waals surface area contributed by atoms with Crippen LogP contribution >= 0.6 is 11.3 Å². The van der Waals surface area contributed by atoms with Gasteiger partial charge in [-0.25, -0.2) is 0 Å². The van der Waals surface area contributed by atoms with Crippen LogP contribution in [0.1, 0.15) is 24.1 Å². The molecule has 1 aromatic heterocycles. The van der Waals surface area contributed by atoms with Gasteiger partial charge in [0.1, 0.15) is 5.60 Å². The summed E-state index contributed by atoms with van der Waals surface area (Å²) >= 11 is 1.69. The van der Waals surface area contributed by atoms with Crippen LogP contribution in [0.4, 0.5) is 0 Å². The highest BCUT2D eigenvalue weighted by atomic mass is 32.1. The molecule has 0 aromatic carbocycles. The van der Waals surface area contributed by atoms with Gasteiger partial charge in [0, 0.05) is 17.5 Å². The highest BCUT2D eigenvalue weighted by molar-refractivity contribution is 7.10. The van der Waals surface area contributed by atoms with E-state index in [0.29, 0.717) is 6.04 Å². The second kappa shape index (κ2) is 3.05. The first-order valence-electron chi connectivity index (χ1n) is 5.31. The minimum absolute atomic E-state index is 0.390. The Bertz CT molecular complexity index is 324. The molecule has 0 saturated carbocycles. The van der Waals surface area contributed by atoms with Gasteiger partial charge in [0.15, 0.2) is 0 Å². The fraction of sp³-hybridized carbons (Fsp3) is 0.636. The molecule has 2 aliphatic heterocycles. The van der Waals surface area contributed by atoms with Crippen LogP contribution in [0.5, 0.6) is 0 Å². The molecule has 1 aromatic rings. The van der Waals surface area contributed by atoms with E-state index in [1.54, 1.807) is 11.3 Å². The largest absolute Gasteiger partial charge is 0.383 e. The predicted molar refractivity (Wildman–Crippen MR) is 57.4 cm³/mol. The summed E-state index contributed by atoms with van der Waals surface area (Å²) in [5.41, 5.74) is -0.537. The predicted octanol–water partition coefficient (Wildman–Crippen LogP) is 1.80. The summed E-state index contributed by atoms with van der Waals surface area (Å²) in [5.74, 6) is 0. The molecule has 2 saturated heterocycles. The molecule has 0 amide bonds. The fourth-order valence-electron chi connectivity index (χ4n) is 2.93. The van der Waals surface area contributed by atoms with Gasteiger partial charge in [-0.05, 0) is 37.3 Å². The number of rotatable bonds is 1. The van der Waals surface area contributed by atoms with Crippen molar-refractivity contribution in [3.05, 3.63) is 22.4 Å². The molecule has 2 aliphatic rings. The molecule has 2 atom stereocenters. The third-order valence-electron chi connectivity index (χ3n) is 3.64. The summed E-state index contributed by atoms with van der Waals surface area (Å²) < 4.78 is 0. The molecule has 0 radical (unpaired) electrons. The number of thiophene rings is 1. The first-order chi connectivity index (χ1) is 6.81. The molecule has 3 heterocycles. The summed E-state index contributed by atoms with van der Waals surface area (Å²) in [4.78, 5) is 3.60. The molecule has 1 N–H and O–H groups in total. The van der Waals surface area contributed by atoms with Gasteiger partial charge < -0.3 is 5.11 Å². The lowest BCUT2D eigenvalue weighted by molar-refractivity contribution is 0.0128. The molecule has 14 heavy (non-hydrogen) atoms. The standard InChI is InChI=1S/C11H15NOS/c13-11(10-4-2-8-14-10)5-7-12-6-1-3-9(11)12/h2,4,8-9,13H,1,3,5-7H2. The zero-order chi connectivity index (χ0) is 9.60. The highest BCUT2D eigenvalue weighted by Gasteiger charge is 2.49. The van der Waals surface area contributed by atoms with Crippen molar-refractivity contribution in [3.8, 4) is 0 Å². The minimum Gasteiger partial charge on any atom is -0.383 e. The number of aliphatic hydroxyl groups is 1. The Morgan fingerprint density at radius 3 is 3.21 bits per heavy atom. The Hall–Kier alpha value is -0.380. The van der Waals surface area contributed by atoms with Gasteiger partial charge in [-0.2, -0.15) is 0 Å². The van der Waals surface area contributed by atoms with E-state index in [4.69, 9.17) is 0 Å². The molecule has 2 fully saturated rings. The average molecular weight is 209 g/mol. The SMILES string of the molecule is OC1(c2cccs2)CCN2CCCC21. The van der Waals surface area contributed by atoms with Gasteiger partial charge in [-0.3, -0.25) is 4.90 Å². The van der Waals surface area contributed by atoms with Crippen molar-refractivity contribution >= 4 is 11.3 Å². The lowest BCUT2D eigenvalue weighted by Crippen LogP contribution is -2.37. The summed E-state index contributed by atoms with van der Waals surface area (Å²) in [6.07, 6.45) is 3.32. The van der Waals surface area contributed by atoms with Crippen molar-refractivity contribution in [2.75, 3.05) is 13.1 Å². The third kappa shape index (κ3) is 1.09. The molecule has 2 nitrogen and oxygen atoms in total. The van der Waals surface area contributed by atoms with E-state index in [2.05, 4.69) is 16.3 Å². The molecule has 76 valence electrons. The summed E-state index contributed by atoms with van der Waals surface area (Å²) in [6.45, 7) is 2.25. The van der Waals surface area contributed by atoms with E-state index in [9.17, 15) is 5.11 Å². The van der Waals surface area contributed by atoms with E-state index >= 15 is 0 Å². The highest BCUT2D eigenvalue weighted by Crippen LogP contribution is 2.44. The normalized spacial score (nSPS) is 37.6. The summed E-state index contributed by atoms with van der Waals surface area (Å²) in [5, 5.41) is 12.8. The van der Waals surface area contributed by atoms with E-state index in [0.717, 1.165) is 24.3 Å². The molecule has 2 unspecified atom stereocenters. The molecule has 0 spiro atoms. The Balaban J connectivity index is 1.97. The molecule has 3 rings (SSSR count). The van der Waals surface area contributed by atoms with Crippen LogP contribution in [0.2, 0.25) is 0 Å². The lowest BCUT2D eigenvalue weighted by Gasteiger charge is -2.28. The van der Waals surface area contributed by atoms with Crippen LogP contribution in [0.25, 0.3) is 0 Å². The molecular weight excluding hydrogens is 194 g/mol. The van der Waals surface area contributed by atoms with Crippen molar-refractivity contribution < 1.29 is 5.11 Å². The van der Waals surface area contributed by atoms with Crippen molar-refractivity contribution in [2.24, 2.45) is 0 Å². The van der Waals surface area contributed by atoms with E-state index in [-0.39, 0.29) is 0 Å². The molecule has 0 aliphatic carbocycles. The van der Waals surface area contributed by atoms with E-state index < -0.39 is 5.60 Å². The van der Waals surface area contributed by atoms with Gasteiger partial charge in [0.25, 0.3) is 0 Å². The third-order valence-corrected chi connectivity index (χ3v) is 4.68. The van der Waals surface area contributed by atoms with Crippen LogP contribution in [0, 0.1) is 0 Å². The number of hydrogen-bond acceptors (Lipinski definition) is 3. The topological polar surface area (TPSA) is 23.5 Å². The van der Waals surface area contributed by atoms with Crippen molar-refractivity contribution in [1.82, 2.24) is 4.90 Å². The van der Waals surface area contributed by atoms with Crippen molar-refractivity contribution in [1.29, 1.82) is 0 Å². The Morgan fingerprint density at radius 2 is 2.43 bits per heavy atom. The van der Waals surface area contributed by atoms with Gasteiger partial charge in [-0.1, -0.05) is 6.07 Å². The number of hydrogen-bond donors (Lipinski definition) is 1. The zero-order valence-corrected chi connectivity index (χ0v) is 8.96. The van der Waals surface area contributed by atoms with Gasteiger partial charge in [-0.15, -0.1) is 11.3 Å². The maximum Gasteiger partial charge on any atom is 0.115 e. The number of fused-ring (bicyclic) bond motifs is 1. The maximum absolute atomic E-state index is 10.7. The lowest BCUT2D eigenvalue weighted by atomic mass is 9.91. The second-order valence-corrected chi connectivity index (χ2v) is 5.29. The van der Waals surface area contributed by atoms with Crippen molar-refractivity contribution in [2.45, 2.75) is 30.9 Å². The first kappa shape index (κ1) is 8.89. The Labute approximate surface area is 88.2 Å². The van der Waals surface area contributed by atoms with Crippen LogP contribution < -0.4 is 0 Å². The van der Waals surface area contributed by atoms with E-state index in [1.165, 1.54) is 13.0 Å². The van der Waals surface area contributed by atoms with Gasteiger partial charge in [0.2, 0.25) is 0 Å². The minimum atomic E-state index is -0.537. The van der Waals surface area contributed by atoms with Gasteiger partial charge >= 0.3 is 0 Å². The monoisotopic (exact) mass is 209 g/mol. The average Bonchev–Trinajstić information content (AvgIpc) is 2.84. The smallest absolute Gasteiger partial charge is 0.115 e. The van der Waals surface area contributed by atoms with Gasteiger partial charge in [0.05, 0.1) is 0 Å². The van der Waals surface area contributed by atoms with E-state index in [1.807, 2.05) is 6.07 Å². The Morgan fingerprint density at radius 1 is 1.50 bits per heavy atom. The summed E-state index contributed by atoms with van der Waals surface area (Å²) in [6, 6.07) is 4.50. The maximum atomic E-state index is 10.7. The van der Waals surface area contributed by atoms with Crippen LogP contribution in [-0.4, -0.2) is 29.1 Å². The molecular formula is C11H15NOS. The van der Waals surface area contributed by atoms with Crippen LogP contribution in [0.3, 0.4) is 0 Å². The zero-order valence-electron chi connectivity index (χ0n) is 8.15. The fourth-order valence-corrected chi connectivity index (χ4v) is 3.83. The Kier molecular flexibility index (Phi) is 1.94. The van der Waals surface area contributed by atoms with Crippen LogP contribution in [-0.2, 0) is 5.60 Å². The summed E-state index contributed by atoms with van der Waals surface area (Å²) in [7, 11) is 0. The molecule has 0 bridgehead atoms. The number of nitrogens with zero attached hydrogens (tertiary/aromatic N) is 1. The van der Waals surface area contributed by atoms with Crippen LogP contribution in [0.15, 0.2) is 17.5 Å². The first-order valence-corrected chi connectivity index (χ1v) is 6.19. The second-order valence-electron chi connectivity index (χ2n) is 4.35.